The highest BCUT2D eigenvalue weighted by molar-refractivity contribution is 7.84. The van der Waals surface area contributed by atoms with Crippen LogP contribution in [0.15, 0.2) is 11.8 Å². The highest BCUT2D eigenvalue weighted by atomic mass is 32.3. The lowest BCUT2D eigenvalue weighted by Gasteiger charge is -2.50. The molecule has 0 bridgehead atoms. The number of carboxylic acid groups (broad SMARTS) is 4. The predicted molar refractivity (Wildman–Crippen MR) is 325 cm³/mol. The molecule has 8 aliphatic rings. The Balaban J connectivity index is 1.00. The Morgan fingerprint density at radius 3 is 0.929 bits per heavy atom. The molecule has 7 fully saturated rings. The van der Waals surface area contributed by atoms with E-state index in [4.69, 9.17) is 71.1 Å². The molecule has 8 heterocycles. The second-order valence-electron chi connectivity index (χ2n) is 25.1. The van der Waals surface area contributed by atoms with Crippen molar-refractivity contribution in [1.29, 1.82) is 0 Å². The van der Waals surface area contributed by atoms with Crippen molar-refractivity contribution in [3.8, 4) is 0 Å². The summed E-state index contributed by atoms with van der Waals surface area (Å²) in [4.78, 5) is 50.4. The first kappa shape index (κ1) is 93.1. The Morgan fingerprint density at radius 2 is 0.616 bits per heavy atom. The molecule has 0 amide bonds. The van der Waals surface area contributed by atoms with E-state index >= 15 is 0 Å². The number of nitrogens with one attached hydrogen (secondary N) is 4. The normalized spacial score (nSPS) is 44.1. The van der Waals surface area contributed by atoms with Gasteiger partial charge in [0.25, 0.3) is 0 Å². The number of aliphatic hydroxyl groups is 16. The predicted octanol–water partition coefficient (Wildman–Crippen LogP) is -19.5. The third-order valence-corrected chi connectivity index (χ3v) is 20.3. The van der Waals surface area contributed by atoms with Gasteiger partial charge >= 0.3 is 75.5 Å². The van der Waals surface area contributed by atoms with Crippen LogP contribution >= 0.6 is 0 Å². The van der Waals surface area contributed by atoms with Gasteiger partial charge < -0.3 is 173 Å². The van der Waals surface area contributed by atoms with E-state index in [9.17, 15) is 186 Å². The highest BCUT2D eigenvalue weighted by Crippen LogP contribution is 2.40. The van der Waals surface area contributed by atoms with Crippen LogP contribution in [0, 0.1) is 0 Å². The van der Waals surface area contributed by atoms with Gasteiger partial charge in [0.2, 0.25) is 12.0 Å². The summed E-state index contributed by atoms with van der Waals surface area (Å²) < 4.78 is 262. The smallest absolute Gasteiger partial charge is 0.397 e. The molecule has 7 saturated heterocycles. The highest BCUT2D eigenvalue weighted by Gasteiger charge is 2.63. The van der Waals surface area contributed by atoms with E-state index in [2.05, 4.69) is 4.18 Å². The lowest BCUT2D eigenvalue weighted by Crippen LogP contribution is -2.71. The Hall–Kier alpha value is -4.43. The van der Waals surface area contributed by atoms with Gasteiger partial charge in [-0.2, -0.15) is 61.0 Å². The molecule has 0 aliphatic carbocycles. The fourth-order valence-electron chi connectivity index (χ4n) is 12.6. The number of aliphatic hydroxyl groups excluding tert-OH is 16. The van der Waals surface area contributed by atoms with E-state index < -0.39 is 341 Å². The second-order valence-corrected chi connectivity index (χ2v) is 30.9. The summed E-state index contributed by atoms with van der Waals surface area (Å²) in [6.07, 6.45) is -88.7. The molecule has 59 nitrogen and oxygen atoms in total. The summed E-state index contributed by atoms with van der Waals surface area (Å²) in [6.45, 7) is -5.75. The van der Waals surface area contributed by atoms with Gasteiger partial charge in [-0.1, -0.05) is 0 Å². The van der Waals surface area contributed by atoms with Crippen molar-refractivity contribution in [3.05, 3.63) is 11.8 Å². The van der Waals surface area contributed by atoms with E-state index in [1.165, 1.54) is 18.9 Å². The average molecular weight is 1750 g/mol. The quantitative estimate of drug-likeness (QED) is 0.0278. The third-order valence-electron chi connectivity index (χ3n) is 17.6. The molecule has 29 N–H and O–H groups in total. The molecule has 64 heteroatoms. The number of hydrogen-bond donors (Lipinski definition) is 29. The lowest BCUT2D eigenvalue weighted by atomic mass is 9.94. The van der Waals surface area contributed by atoms with Crippen LogP contribution < -0.4 is 18.9 Å². The first-order chi connectivity index (χ1) is 51.7. The van der Waals surface area contributed by atoms with Crippen molar-refractivity contribution >= 4 is 75.5 Å². The van der Waals surface area contributed by atoms with Crippen LogP contribution in [-0.2, 0) is 146 Å². The Labute approximate surface area is 625 Å². The first-order valence-corrected chi connectivity index (χ1v) is 38.6. The fraction of sp³-hybridized carbons (Fsp3) is 0.875. The molecular weight excluding hydrogens is 1670 g/mol. The van der Waals surface area contributed by atoms with Crippen LogP contribution in [-0.4, -0.2) is 450 Å². The number of hydrogen-bond acceptors (Lipinski definition) is 46. The summed E-state index contributed by atoms with van der Waals surface area (Å²) in [7, 11) is -28.6. The van der Waals surface area contributed by atoms with Gasteiger partial charge in [-0.25, -0.2) is 23.4 Å². The lowest BCUT2D eigenvalue weighted by molar-refractivity contribution is -0.380. The van der Waals surface area contributed by atoms with Crippen molar-refractivity contribution in [2.45, 2.75) is 233 Å². The summed E-state index contributed by atoms with van der Waals surface area (Å²) >= 11 is 0. The molecule has 0 spiro atoms. The molecular formula is C48H76N4O55S5. The van der Waals surface area contributed by atoms with Crippen molar-refractivity contribution in [3.63, 3.8) is 0 Å². The van der Waals surface area contributed by atoms with Gasteiger partial charge in [-0.3, -0.25) is 22.8 Å². The number of rotatable bonds is 32. The maximum absolute atomic E-state index is 13.0. The summed E-state index contributed by atoms with van der Waals surface area (Å²) in [5.74, 6) is -9.82. The largest absolute Gasteiger partial charge is 0.479 e. The van der Waals surface area contributed by atoms with E-state index in [1.54, 1.807) is 0 Å². The van der Waals surface area contributed by atoms with Crippen LogP contribution in [0.25, 0.3) is 0 Å². The monoisotopic (exact) mass is 1750 g/mol. The molecule has 0 saturated carbocycles. The summed E-state index contributed by atoms with van der Waals surface area (Å²) in [5.41, 5.74) is 0. The Bertz CT molecular complexity index is 3890. The number of carboxylic acids is 4. The molecule has 38 atom stereocenters. The maximum Gasteiger partial charge on any atom is 0.397 e. The topological polar surface area (TPSA) is 941 Å². The van der Waals surface area contributed by atoms with E-state index in [0.29, 0.717) is 6.08 Å². The minimum atomic E-state index is -6.09. The molecule has 0 aromatic carbocycles. The van der Waals surface area contributed by atoms with Crippen molar-refractivity contribution < 1.29 is 261 Å². The minimum Gasteiger partial charge on any atom is -0.479 e. The van der Waals surface area contributed by atoms with Gasteiger partial charge in [0.15, 0.2) is 68.4 Å². The van der Waals surface area contributed by atoms with Crippen molar-refractivity contribution in [1.82, 2.24) is 18.9 Å². The second kappa shape index (κ2) is 36.8. The standard InChI is InChI=1S/C48H76N4O55S5/c53-2-8-26(17(59)12(41(76)92-8)49-108(77,78)79)98-46-23(65)21(63)30(34(104-46)38(70)71)101-42-13(50-109(80,81)82)19(61)28(10(4-55)94-42)99-47-24(66)22(64)31(35(105-47)39(72)73)102-43-15(52-111(86,87)88)20(62)29(11(5-56)96-43)100-48-33(107-112(89,90)91)25(67)32(36(106-48)40(74)75)103-44-14(51-110(83,84)85)18(60)27(9(3-54)95-44)97-45-16(58)6(57)1-7(93-45)37(68)69/h1,6,8-36,41-67,76H,2-5H2,(H,68,69)(H,70,71)(H,72,73)(H,74,75)(H,77,78,79)(H,80,81,82)(H,83,84,85)(H,86,87,88)(H,89,90,91)/t6-,8+,9+,10+,11+,12+,13+,14+,15+,16+,17+,18+,19+,20+,21?,22?,23?,24?,25?,26+,27+,28+,29+,30?,31?,32?,33?,34?,35?,36?,41-,42+,43+,44+,45-,46?,47?,48?/m0/s1. The third kappa shape index (κ3) is 22.1. The molecule has 0 aromatic rings. The number of aliphatic carboxylic acids is 4. The van der Waals surface area contributed by atoms with E-state index in [1.807, 2.05) is 0 Å². The van der Waals surface area contributed by atoms with Gasteiger partial charge in [0.05, 0.1) is 26.4 Å². The minimum absolute atomic E-state index is 0.483. The van der Waals surface area contributed by atoms with Crippen LogP contribution in [0.5, 0.6) is 0 Å². The molecule has 8 rings (SSSR count). The SMILES string of the molecule is O=C(O)C1=C[C@H](O)[C@@H](O)[C@H](O[C@H]2[C@H](O)[C@@H](NS(=O)(=O)O)[C@@H](OC3C(C(=O)O)OC(O[C@H]4[C@H](O)[C@@H](NS(=O)(=O)O)[C@@H](OC5C(C(=O)O)OC(O[C@H]6[C@H](O)[C@@H](NS(=O)(=O)O)[C@@H](OC7C(C(=O)O)OC(O[C@H]8[C@H](O)[C@@H](NS(=O)(=O)O)[C@@H](O)O[C@@H]8CO)C(O)C7O)O[C@@H]6CO)C(O)C5O)O[C@@H]4CO)C(OS(=O)(=O)O)C3O)O[C@@H]2CO)O1. The van der Waals surface area contributed by atoms with Crippen molar-refractivity contribution in [2.75, 3.05) is 26.4 Å². The van der Waals surface area contributed by atoms with Crippen LogP contribution in [0.3, 0.4) is 0 Å². The number of ether oxygens (including phenoxy) is 15. The molecule has 112 heavy (non-hydrogen) atoms. The fourth-order valence-corrected chi connectivity index (χ4v) is 15.5. The molecule has 0 aromatic heterocycles. The van der Waals surface area contributed by atoms with Gasteiger partial charge in [0.1, 0.15) is 158 Å². The van der Waals surface area contributed by atoms with Gasteiger partial charge in [-0.15, -0.1) is 0 Å². The summed E-state index contributed by atoms with van der Waals surface area (Å²) in [6, 6.07) is -10.4. The maximum atomic E-state index is 13.0. The van der Waals surface area contributed by atoms with E-state index in [-0.39, 0.29) is 0 Å². The Kier molecular flexibility index (Phi) is 30.6. The molecule has 0 radical (unpaired) electrons. The number of carbonyl (C=O) groups is 4. The zero-order chi connectivity index (χ0) is 84.0. The van der Waals surface area contributed by atoms with Crippen LogP contribution in [0.4, 0.5) is 0 Å². The molecule has 648 valence electrons. The molecule has 15 unspecified atom stereocenters. The van der Waals surface area contributed by atoms with Gasteiger partial charge in [-0.05, 0) is 6.08 Å². The first-order valence-electron chi connectivity index (χ1n) is 31.4. The Morgan fingerprint density at radius 1 is 0.330 bits per heavy atom. The zero-order valence-corrected chi connectivity index (χ0v) is 59.4. The molecule has 8 aliphatic heterocycles. The van der Waals surface area contributed by atoms with Crippen LogP contribution in [0.2, 0.25) is 0 Å². The van der Waals surface area contributed by atoms with E-state index in [0.717, 1.165) is 0 Å². The van der Waals surface area contributed by atoms with Crippen LogP contribution in [0.1, 0.15) is 0 Å². The van der Waals surface area contributed by atoms with Crippen molar-refractivity contribution in [2.24, 2.45) is 0 Å². The summed E-state index contributed by atoms with van der Waals surface area (Å²) in [5, 5.41) is 216. The average Bonchev–Trinajstić information content (AvgIpc) is 0.761. The van der Waals surface area contributed by atoms with Gasteiger partial charge in [0, 0.05) is 0 Å². The zero-order valence-electron chi connectivity index (χ0n) is 55.3.